The summed E-state index contributed by atoms with van der Waals surface area (Å²) >= 11 is 0. The predicted octanol–water partition coefficient (Wildman–Crippen LogP) is 2.28. The van der Waals surface area contributed by atoms with Crippen molar-refractivity contribution in [2.75, 3.05) is 11.9 Å². The summed E-state index contributed by atoms with van der Waals surface area (Å²) in [4.78, 5) is 3.64. The van der Waals surface area contributed by atoms with Gasteiger partial charge in [-0.3, -0.25) is 0 Å². The molecule has 1 aromatic heterocycles. The Balaban J connectivity index is 2.80. The second-order valence-electron chi connectivity index (χ2n) is 4.10. The Labute approximate surface area is 91.3 Å². The van der Waals surface area contributed by atoms with Crippen LogP contribution in [0.4, 0.5) is 19.0 Å². The molecule has 0 saturated heterocycles. The molecule has 0 aliphatic carbocycles. The summed E-state index contributed by atoms with van der Waals surface area (Å²) in [5, 5.41) is 11.8. The highest BCUT2D eigenvalue weighted by Crippen LogP contribution is 2.29. The van der Waals surface area contributed by atoms with E-state index in [0.717, 1.165) is 12.3 Å². The summed E-state index contributed by atoms with van der Waals surface area (Å²) in [5.74, 6) is 0.298. The maximum absolute atomic E-state index is 12.2. The molecule has 0 fully saturated rings. The first-order chi connectivity index (χ1) is 7.24. The average molecular weight is 234 g/mol. The highest BCUT2D eigenvalue weighted by molar-refractivity contribution is 5.38. The van der Waals surface area contributed by atoms with Crippen molar-refractivity contribution in [2.24, 2.45) is 0 Å². The lowest BCUT2D eigenvalue weighted by Crippen LogP contribution is -2.35. The van der Waals surface area contributed by atoms with Crippen LogP contribution in [0.3, 0.4) is 0 Å². The lowest BCUT2D eigenvalue weighted by molar-refractivity contribution is -0.137. The molecule has 0 aromatic carbocycles. The van der Waals surface area contributed by atoms with Gasteiger partial charge >= 0.3 is 6.18 Å². The maximum Gasteiger partial charge on any atom is 0.417 e. The van der Waals surface area contributed by atoms with E-state index < -0.39 is 17.3 Å². The summed E-state index contributed by atoms with van der Waals surface area (Å²) in [6, 6.07) is 2.18. The van der Waals surface area contributed by atoms with Gasteiger partial charge in [0.05, 0.1) is 17.7 Å². The molecule has 1 rings (SSSR count). The lowest BCUT2D eigenvalue weighted by Gasteiger charge is -2.24. The van der Waals surface area contributed by atoms with E-state index in [2.05, 4.69) is 10.3 Å². The Bertz CT molecular complexity index is 346. The van der Waals surface area contributed by atoms with Crippen molar-refractivity contribution >= 4 is 5.82 Å². The van der Waals surface area contributed by atoms with Crippen LogP contribution < -0.4 is 5.32 Å². The minimum Gasteiger partial charge on any atom is -0.394 e. The Kier molecular flexibility index (Phi) is 3.42. The van der Waals surface area contributed by atoms with Gasteiger partial charge in [-0.25, -0.2) is 4.98 Å². The van der Waals surface area contributed by atoms with Gasteiger partial charge in [0, 0.05) is 6.20 Å². The van der Waals surface area contributed by atoms with Crippen LogP contribution in [0.15, 0.2) is 18.3 Å². The minimum atomic E-state index is -4.38. The molecular weight excluding hydrogens is 221 g/mol. The molecule has 16 heavy (non-hydrogen) atoms. The first-order valence-corrected chi connectivity index (χ1v) is 4.67. The zero-order valence-corrected chi connectivity index (χ0v) is 8.97. The minimum absolute atomic E-state index is 0.143. The number of anilines is 1. The van der Waals surface area contributed by atoms with Gasteiger partial charge in [-0.05, 0) is 26.0 Å². The van der Waals surface area contributed by atoms with Crippen LogP contribution >= 0.6 is 0 Å². The number of halogens is 3. The number of nitrogens with zero attached hydrogens (tertiary/aromatic N) is 1. The SMILES string of the molecule is CC(C)(CO)Nc1ccc(C(F)(F)F)cn1. The molecule has 0 atom stereocenters. The standard InChI is InChI=1S/C10H13F3N2O/c1-9(2,6-16)15-8-4-3-7(5-14-8)10(11,12)13/h3-5,16H,6H2,1-2H3,(H,14,15). The highest BCUT2D eigenvalue weighted by Gasteiger charge is 2.30. The number of pyridine rings is 1. The summed E-state index contributed by atoms with van der Waals surface area (Å²) < 4.78 is 36.7. The Morgan fingerprint density at radius 1 is 1.31 bits per heavy atom. The van der Waals surface area contributed by atoms with E-state index in [9.17, 15) is 13.2 Å². The molecule has 0 amide bonds. The molecule has 1 heterocycles. The summed E-state index contributed by atoms with van der Waals surface area (Å²) in [5.41, 5.74) is -1.41. The van der Waals surface area contributed by atoms with Crippen LogP contribution in [0.5, 0.6) is 0 Å². The third-order valence-electron chi connectivity index (χ3n) is 1.95. The van der Waals surface area contributed by atoms with Gasteiger partial charge in [0.25, 0.3) is 0 Å². The van der Waals surface area contributed by atoms with Gasteiger partial charge in [0.15, 0.2) is 0 Å². The molecule has 0 saturated carbocycles. The molecule has 0 spiro atoms. The average Bonchev–Trinajstić information content (AvgIpc) is 2.16. The van der Waals surface area contributed by atoms with Gasteiger partial charge in [0.1, 0.15) is 5.82 Å². The maximum atomic E-state index is 12.2. The topological polar surface area (TPSA) is 45.1 Å². The van der Waals surface area contributed by atoms with E-state index in [1.165, 1.54) is 6.07 Å². The number of hydrogen-bond acceptors (Lipinski definition) is 3. The zero-order chi connectivity index (χ0) is 12.4. The molecule has 0 aliphatic heterocycles. The van der Waals surface area contributed by atoms with Gasteiger partial charge in [-0.15, -0.1) is 0 Å². The van der Waals surface area contributed by atoms with Crippen LogP contribution in [0.2, 0.25) is 0 Å². The first-order valence-electron chi connectivity index (χ1n) is 4.67. The van der Waals surface area contributed by atoms with Crippen LogP contribution in [0.1, 0.15) is 19.4 Å². The van der Waals surface area contributed by atoms with Crippen molar-refractivity contribution in [3.05, 3.63) is 23.9 Å². The van der Waals surface area contributed by atoms with E-state index >= 15 is 0 Å². The van der Waals surface area contributed by atoms with E-state index in [1.807, 2.05) is 0 Å². The summed E-state index contributed by atoms with van der Waals surface area (Å²) in [6.45, 7) is 3.29. The molecule has 1 aromatic rings. The third-order valence-corrected chi connectivity index (χ3v) is 1.95. The van der Waals surface area contributed by atoms with E-state index in [-0.39, 0.29) is 6.61 Å². The number of aliphatic hydroxyl groups is 1. The van der Waals surface area contributed by atoms with Crippen molar-refractivity contribution in [1.82, 2.24) is 4.98 Å². The van der Waals surface area contributed by atoms with Crippen molar-refractivity contribution in [2.45, 2.75) is 25.6 Å². The van der Waals surface area contributed by atoms with E-state index in [1.54, 1.807) is 13.8 Å². The number of nitrogens with one attached hydrogen (secondary N) is 1. The van der Waals surface area contributed by atoms with Crippen molar-refractivity contribution in [1.29, 1.82) is 0 Å². The monoisotopic (exact) mass is 234 g/mol. The molecule has 0 radical (unpaired) electrons. The highest BCUT2D eigenvalue weighted by atomic mass is 19.4. The largest absolute Gasteiger partial charge is 0.417 e. The molecular formula is C10H13F3N2O. The Hall–Kier alpha value is -1.30. The molecule has 0 unspecified atom stereocenters. The molecule has 0 aliphatic rings. The Morgan fingerprint density at radius 2 is 1.94 bits per heavy atom. The first kappa shape index (κ1) is 12.8. The molecule has 90 valence electrons. The number of aromatic nitrogens is 1. The zero-order valence-electron chi connectivity index (χ0n) is 8.97. The number of aliphatic hydroxyl groups excluding tert-OH is 1. The summed E-state index contributed by atoms with van der Waals surface area (Å²) in [6.07, 6.45) is -3.62. The second-order valence-corrected chi connectivity index (χ2v) is 4.10. The van der Waals surface area contributed by atoms with Crippen LogP contribution in [-0.4, -0.2) is 22.2 Å². The molecule has 6 heteroatoms. The van der Waals surface area contributed by atoms with Crippen molar-refractivity contribution in [3.63, 3.8) is 0 Å². The van der Waals surface area contributed by atoms with Gasteiger partial charge in [-0.1, -0.05) is 0 Å². The fourth-order valence-corrected chi connectivity index (χ4v) is 1.02. The van der Waals surface area contributed by atoms with Crippen molar-refractivity contribution in [3.8, 4) is 0 Å². The van der Waals surface area contributed by atoms with E-state index in [4.69, 9.17) is 5.11 Å². The number of rotatable bonds is 3. The fraction of sp³-hybridized carbons (Fsp3) is 0.500. The third kappa shape index (κ3) is 3.37. The van der Waals surface area contributed by atoms with Crippen molar-refractivity contribution < 1.29 is 18.3 Å². The van der Waals surface area contributed by atoms with Gasteiger partial charge in [0.2, 0.25) is 0 Å². The van der Waals surface area contributed by atoms with Gasteiger partial charge in [-0.2, -0.15) is 13.2 Å². The number of hydrogen-bond donors (Lipinski definition) is 2. The number of alkyl halides is 3. The Morgan fingerprint density at radius 3 is 2.31 bits per heavy atom. The molecule has 2 N–H and O–H groups in total. The lowest BCUT2D eigenvalue weighted by atomic mass is 10.1. The van der Waals surface area contributed by atoms with Crippen LogP contribution in [0, 0.1) is 0 Å². The molecule has 0 bridgehead atoms. The smallest absolute Gasteiger partial charge is 0.394 e. The van der Waals surface area contributed by atoms with Crippen LogP contribution in [0.25, 0.3) is 0 Å². The second kappa shape index (κ2) is 4.29. The van der Waals surface area contributed by atoms with Gasteiger partial charge < -0.3 is 10.4 Å². The quantitative estimate of drug-likeness (QED) is 0.843. The molecule has 3 nitrogen and oxygen atoms in total. The normalized spacial score (nSPS) is 12.6. The van der Waals surface area contributed by atoms with E-state index in [0.29, 0.717) is 5.82 Å². The predicted molar refractivity (Wildman–Crippen MR) is 54.0 cm³/mol. The fourth-order valence-electron chi connectivity index (χ4n) is 1.02. The van der Waals surface area contributed by atoms with Crippen LogP contribution in [-0.2, 0) is 6.18 Å². The summed E-state index contributed by atoms with van der Waals surface area (Å²) in [7, 11) is 0.